The van der Waals surface area contributed by atoms with E-state index in [-0.39, 0.29) is 6.61 Å². The number of rotatable bonds is 2. The van der Waals surface area contributed by atoms with Gasteiger partial charge in [-0.25, -0.2) is 0 Å². The van der Waals surface area contributed by atoms with E-state index in [4.69, 9.17) is 5.11 Å². The Morgan fingerprint density at radius 1 is 1.28 bits per heavy atom. The lowest BCUT2D eigenvalue weighted by atomic mass is 10.1. The van der Waals surface area contributed by atoms with Gasteiger partial charge in [-0.1, -0.05) is 36.9 Å². The first kappa shape index (κ1) is 10.7. The molecule has 0 saturated heterocycles. The van der Waals surface area contributed by atoms with E-state index in [0.29, 0.717) is 11.8 Å². The maximum absolute atomic E-state index is 9.10. The number of aromatic nitrogens is 3. The summed E-state index contributed by atoms with van der Waals surface area (Å²) in [6, 6.07) is 9.87. The third-order valence-electron chi connectivity index (χ3n) is 2.67. The highest BCUT2D eigenvalue weighted by molar-refractivity contribution is 5.74. The van der Waals surface area contributed by atoms with Gasteiger partial charge in [-0.15, -0.1) is 5.10 Å². The lowest BCUT2D eigenvalue weighted by molar-refractivity contribution is 0.271. The minimum atomic E-state index is -0.184. The number of benzene rings is 1. The Hall–Kier alpha value is -2.40. The summed E-state index contributed by atoms with van der Waals surface area (Å²) in [7, 11) is 0. The first-order valence-electron chi connectivity index (χ1n) is 5.58. The van der Waals surface area contributed by atoms with Crippen molar-refractivity contribution in [2.24, 2.45) is 0 Å². The van der Waals surface area contributed by atoms with Gasteiger partial charge in [0, 0.05) is 11.3 Å². The molecule has 2 N–H and O–H groups in total. The molecule has 18 heavy (non-hydrogen) atoms. The molecular formula is C13H12N4O. The molecule has 0 fully saturated rings. The average Bonchev–Trinajstić information content (AvgIpc) is 2.81. The van der Waals surface area contributed by atoms with E-state index in [2.05, 4.69) is 22.0 Å². The maximum atomic E-state index is 9.10. The standard InChI is InChI=1S/C13H12N4O/c1-9-7-11(10-5-3-2-4-6-10)17-13(14-9)15-12(8-18)16-17/h2-7,18H,1,8H2,(H,14,15,16). The van der Waals surface area contributed by atoms with Gasteiger partial charge in [0.05, 0.1) is 5.70 Å². The highest BCUT2D eigenvalue weighted by atomic mass is 16.3. The third-order valence-corrected chi connectivity index (χ3v) is 2.67. The Morgan fingerprint density at radius 2 is 2.06 bits per heavy atom. The molecule has 1 aliphatic rings. The zero-order chi connectivity index (χ0) is 12.5. The van der Waals surface area contributed by atoms with Gasteiger partial charge in [0.25, 0.3) is 0 Å². The van der Waals surface area contributed by atoms with Gasteiger partial charge >= 0.3 is 0 Å². The van der Waals surface area contributed by atoms with Crippen molar-refractivity contribution in [3.8, 4) is 0 Å². The van der Waals surface area contributed by atoms with E-state index in [1.54, 1.807) is 4.68 Å². The van der Waals surface area contributed by atoms with E-state index in [9.17, 15) is 0 Å². The Kier molecular flexibility index (Phi) is 2.46. The molecule has 5 heteroatoms. The number of nitrogens with one attached hydrogen (secondary N) is 1. The second-order valence-corrected chi connectivity index (χ2v) is 3.97. The normalized spacial score (nSPS) is 13.8. The molecule has 0 amide bonds. The van der Waals surface area contributed by atoms with E-state index in [0.717, 1.165) is 17.0 Å². The van der Waals surface area contributed by atoms with Crippen LogP contribution in [0.5, 0.6) is 0 Å². The largest absolute Gasteiger partial charge is 0.388 e. The van der Waals surface area contributed by atoms with E-state index >= 15 is 0 Å². The summed E-state index contributed by atoms with van der Waals surface area (Å²) in [5, 5.41) is 16.4. The van der Waals surface area contributed by atoms with Crippen LogP contribution in [0.15, 0.2) is 48.7 Å². The van der Waals surface area contributed by atoms with Crippen molar-refractivity contribution in [1.29, 1.82) is 0 Å². The highest BCUT2D eigenvalue weighted by Crippen LogP contribution is 2.26. The van der Waals surface area contributed by atoms with Crippen molar-refractivity contribution in [2.45, 2.75) is 6.61 Å². The summed E-state index contributed by atoms with van der Waals surface area (Å²) >= 11 is 0. The number of aliphatic hydroxyl groups is 1. The van der Waals surface area contributed by atoms with Gasteiger partial charge in [-0.05, 0) is 6.08 Å². The SMILES string of the molecule is C=C1C=C(c2ccccc2)n2nc(CO)nc2N1. The number of hydrogen-bond donors (Lipinski definition) is 2. The summed E-state index contributed by atoms with van der Waals surface area (Å²) in [4.78, 5) is 4.18. The van der Waals surface area contributed by atoms with Gasteiger partial charge in [0.15, 0.2) is 5.82 Å². The fourth-order valence-electron chi connectivity index (χ4n) is 1.89. The van der Waals surface area contributed by atoms with Crippen LogP contribution < -0.4 is 5.32 Å². The number of allylic oxidation sites excluding steroid dienone is 1. The molecule has 0 saturated carbocycles. The highest BCUT2D eigenvalue weighted by Gasteiger charge is 2.18. The van der Waals surface area contributed by atoms with E-state index < -0.39 is 0 Å². The van der Waals surface area contributed by atoms with E-state index in [1.165, 1.54) is 0 Å². The molecule has 90 valence electrons. The second-order valence-electron chi connectivity index (χ2n) is 3.97. The molecule has 2 aromatic rings. The van der Waals surface area contributed by atoms with Crippen LogP contribution in [-0.2, 0) is 6.61 Å². The molecular weight excluding hydrogens is 228 g/mol. The molecule has 5 nitrogen and oxygen atoms in total. The summed E-state index contributed by atoms with van der Waals surface area (Å²) in [6.07, 6.45) is 1.90. The predicted octanol–water partition coefficient (Wildman–Crippen LogP) is 1.60. The van der Waals surface area contributed by atoms with Crippen LogP contribution >= 0.6 is 0 Å². The van der Waals surface area contributed by atoms with Crippen molar-refractivity contribution >= 4 is 11.6 Å². The van der Waals surface area contributed by atoms with Crippen LogP contribution in [0.2, 0.25) is 0 Å². The zero-order valence-corrected chi connectivity index (χ0v) is 9.67. The average molecular weight is 240 g/mol. The van der Waals surface area contributed by atoms with Crippen molar-refractivity contribution in [3.63, 3.8) is 0 Å². The van der Waals surface area contributed by atoms with E-state index in [1.807, 2.05) is 36.4 Å². The molecule has 0 atom stereocenters. The lowest BCUT2D eigenvalue weighted by Crippen LogP contribution is -2.13. The summed E-state index contributed by atoms with van der Waals surface area (Å²) in [5.74, 6) is 0.958. The molecule has 2 heterocycles. The molecule has 0 unspecified atom stereocenters. The zero-order valence-electron chi connectivity index (χ0n) is 9.67. The third kappa shape index (κ3) is 1.70. The summed E-state index contributed by atoms with van der Waals surface area (Å²) < 4.78 is 1.68. The number of aliphatic hydroxyl groups excluding tert-OH is 1. The molecule has 1 aliphatic heterocycles. The van der Waals surface area contributed by atoms with Gasteiger partial charge in [-0.3, -0.25) is 0 Å². The topological polar surface area (TPSA) is 63.0 Å². The molecule has 3 rings (SSSR count). The van der Waals surface area contributed by atoms with Crippen molar-refractivity contribution in [1.82, 2.24) is 14.8 Å². The Balaban J connectivity index is 2.14. The monoisotopic (exact) mass is 240 g/mol. The molecule has 0 radical (unpaired) electrons. The number of hydrogen-bond acceptors (Lipinski definition) is 4. The molecule has 1 aromatic heterocycles. The maximum Gasteiger partial charge on any atom is 0.230 e. The Bertz CT molecular complexity index is 628. The van der Waals surface area contributed by atoms with Gasteiger partial charge in [0.1, 0.15) is 6.61 Å². The molecule has 0 bridgehead atoms. The molecule has 1 aromatic carbocycles. The van der Waals surface area contributed by atoms with Crippen molar-refractivity contribution < 1.29 is 5.11 Å². The number of anilines is 1. The van der Waals surface area contributed by atoms with Gasteiger partial charge in [-0.2, -0.15) is 9.67 Å². The lowest BCUT2D eigenvalue weighted by Gasteiger charge is -2.17. The first-order chi connectivity index (χ1) is 8.78. The van der Waals surface area contributed by atoms with Crippen LogP contribution in [0.4, 0.5) is 5.95 Å². The van der Waals surface area contributed by atoms with Crippen molar-refractivity contribution in [2.75, 3.05) is 5.32 Å². The number of nitrogens with zero attached hydrogens (tertiary/aromatic N) is 3. The Labute approximate surface area is 104 Å². The summed E-state index contributed by atoms with van der Waals surface area (Å²) in [6.45, 7) is 3.71. The molecule has 0 spiro atoms. The van der Waals surface area contributed by atoms with Crippen LogP contribution in [0.3, 0.4) is 0 Å². The minimum absolute atomic E-state index is 0.184. The van der Waals surface area contributed by atoms with Crippen LogP contribution in [0.1, 0.15) is 11.4 Å². The number of fused-ring (bicyclic) bond motifs is 1. The van der Waals surface area contributed by atoms with Crippen molar-refractivity contribution in [3.05, 3.63) is 60.1 Å². The minimum Gasteiger partial charge on any atom is -0.388 e. The van der Waals surface area contributed by atoms with Crippen LogP contribution in [-0.4, -0.2) is 19.9 Å². The predicted molar refractivity (Wildman–Crippen MR) is 68.5 cm³/mol. The second kappa shape index (κ2) is 4.12. The fraction of sp³-hybridized carbons (Fsp3) is 0.0769. The van der Waals surface area contributed by atoms with Gasteiger partial charge in [0.2, 0.25) is 5.95 Å². The van der Waals surface area contributed by atoms with Crippen LogP contribution in [0.25, 0.3) is 5.70 Å². The first-order valence-corrected chi connectivity index (χ1v) is 5.58. The quantitative estimate of drug-likeness (QED) is 0.837. The summed E-state index contributed by atoms with van der Waals surface area (Å²) in [5.41, 5.74) is 2.66. The van der Waals surface area contributed by atoms with Gasteiger partial charge < -0.3 is 10.4 Å². The Morgan fingerprint density at radius 3 is 2.78 bits per heavy atom. The van der Waals surface area contributed by atoms with Crippen LogP contribution in [0, 0.1) is 0 Å². The smallest absolute Gasteiger partial charge is 0.230 e. The fourth-order valence-corrected chi connectivity index (χ4v) is 1.89. The molecule has 0 aliphatic carbocycles.